The maximum absolute atomic E-state index is 13.1. The van der Waals surface area contributed by atoms with E-state index in [2.05, 4.69) is 0 Å². The summed E-state index contributed by atoms with van der Waals surface area (Å²) < 4.78 is 10.5. The second-order valence-corrected chi connectivity index (χ2v) is 6.78. The second-order valence-electron chi connectivity index (χ2n) is 6.78. The number of rotatable bonds is 6. The number of carbonyl (C=O) groups is 2. The molecule has 1 heterocycles. The van der Waals surface area contributed by atoms with Crippen molar-refractivity contribution in [2.45, 2.75) is 44.2 Å². The summed E-state index contributed by atoms with van der Waals surface area (Å²) in [6.45, 7) is 0.870. The number of likely N-dealkylation sites (tertiary alicyclic amines) is 1. The summed E-state index contributed by atoms with van der Waals surface area (Å²) in [7, 11) is 1.60. The van der Waals surface area contributed by atoms with Gasteiger partial charge in [0, 0.05) is 18.7 Å². The average molecular weight is 347 g/mol. The Labute approximate surface area is 147 Å². The number of carboxylic acid groups (broad SMARTS) is 1. The molecular formula is C19H25NO5. The van der Waals surface area contributed by atoms with Crippen LogP contribution < -0.4 is 4.74 Å². The number of aliphatic carboxylic acids is 1. The van der Waals surface area contributed by atoms with Gasteiger partial charge in [0.05, 0.1) is 6.61 Å². The van der Waals surface area contributed by atoms with Crippen molar-refractivity contribution in [2.24, 2.45) is 5.92 Å². The van der Waals surface area contributed by atoms with E-state index in [-0.39, 0.29) is 11.9 Å². The molecule has 0 aromatic heterocycles. The number of carbonyl (C=O) groups excluding carboxylic acids is 1. The lowest BCUT2D eigenvalue weighted by molar-refractivity contribution is -0.141. The van der Waals surface area contributed by atoms with Gasteiger partial charge in [-0.05, 0) is 43.4 Å². The summed E-state index contributed by atoms with van der Waals surface area (Å²) in [6.07, 6.45) is 4.65. The second kappa shape index (κ2) is 7.87. The van der Waals surface area contributed by atoms with Gasteiger partial charge < -0.3 is 19.5 Å². The molecule has 1 saturated heterocycles. The van der Waals surface area contributed by atoms with Gasteiger partial charge in [-0.2, -0.15) is 0 Å². The highest BCUT2D eigenvalue weighted by atomic mass is 16.5. The first-order valence-corrected chi connectivity index (χ1v) is 8.89. The van der Waals surface area contributed by atoms with Gasteiger partial charge in [0.1, 0.15) is 18.4 Å². The molecule has 3 atom stereocenters. The van der Waals surface area contributed by atoms with Gasteiger partial charge in [-0.25, -0.2) is 4.79 Å². The minimum Gasteiger partial charge on any atom is -0.491 e. The van der Waals surface area contributed by atoms with Gasteiger partial charge in [0.2, 0.25) is 0 Å². The van der Waals surface area contributed by atoms with Crippen molar-refractivity contribution in [1.29, 1.82) is 0 Å². The van der Waals surface area contributed by atoms with E-state index in [4.69, 9.17) is 9.47 Å². The van der Waals surface area contributed by atoms with Crippen LogP contribution in [0.5, 0.6) is 5.75 Å². The fraction of sp³-hybridized carbons (Fsp3) is 0.579. The molecule has 1 aromatic rings. The third kappa shape index (κ3) is 3.79. The van der Waals surface area contributed by atoms with E-state index in [0.29, 0.717) is 36.9 Å². The SMILES string of the molecule is COCCOc1cccc(C(=O)N2[C@H](C(=O)O)C[C@@H]3CCCC[C@@H]32)c1. The van der Waals surface area contributed by atoms with Crippen LogP contribution in [-0.2, 0) is 9.53 Å². The molecule has 1 saturated carbocycles. The number of amides is 1. The van der Waals surface area contributed by atoms with Gasteiger partial charge >= 0.3 is 5.97 Å². The van der Waals surface area contributed by atoms with Gasteiger partial charge in [0.15, 0.2) is 0 Å². The maximum atomic E-state index is 13.1. The topological polar surface area (TPSA) is 76.1 Å². The minimum absolute atomic E-state index is 0.0421. The van der Waals surface area contributed by atoms with Gasteiger partial charge in [0.25, 0.3) is 5.91 Å². The van der Waals surface area contributed by atoms with E-state index < -0.39 is 12.0 Å². The van der Waals surface area contributed by atoms with Gasteiger partial charge in [-0.15, -0.1) is 0 Å². The van der Waals surface area contributed by atoms with Crippen LogP contribution >= 0.6 is 0 Å². The number of nitrogens with zero attached hydrogens (tertiary/aromatic N) is 1. The Hall–Kier alpha value is -2.08. The van der Waals surface area contributed by atoms with Crippen molar-refractivity contribution in [2.75, 3.05) is 20.3 Å². The molecule has 6 nitrogen and oxygen atoms in total. The van der Waals surface area contributed by atoms with Crippen LogP contribution in [0.4, 0.5) is 0 Å². The Kier molecular flexibility index (Phi) is 5.58. The van der Waals surface area contributed by atoms with Crippen molar-refractivity contribution in [3.8, 4) is 5.75 Å². The molecule has 2 aliphatic rings. The maximum Gasteiger partial charge on any atom is 0.326 e. The molecule has 2 fully saturated rings. The first-order chi connectivity index (χ1) is 12.1. The Morgan fingerprint density at radius 1 is 1.24 bits per heavy atom. The van der Waals surface area contributed by atoms with E-state index >= 15 is 0 Å². The Morgan fingerprint density at radius 2 is 2.04 bits per heavy atom. The van der Waals surface area contributed by atoms with Crippen molar-refractivity contribution in [1.82, 2.24) is 4.90 Å². The van der Waals surface area contributed by atoms with Crippen LogP contribution in [0.1, 0.15) is 42.5 Å². The first-order valence-electron chi connectivity index (χ1n) is 8.89. The predicted octanol–water partition coefficient (Wildman–Crippen LogP) is 2.57. The molecule has 3 rings (SSSR count). The molecule has 1 amide bonds. The number of fused-ring (bicyclic) bond motifs is 1. The average Bonchev–Trinajstić information content (AvgIpc) is 3.01. The number of hydrogen-bond acceptors (Lipinski definition) is 4. The molecule has 0 bridgehead atoms. The van der Waals surface area contributed by atoms with Crippen molar-refractivity contribution in [3.63, 3.8) is 0 Å². The van der Waals surface area contributed by atoms with Gasteiger partial charge in [-0.1, -0.05) is 18.9 Å². The van der Waals surface area contributed by atoms with E-state index in [1.54, 1.807) is 36.3 Å². The monoisotopic (exact) mass is 347 g/mol. The lowest BCUT2D eigenvalue weighted by Crippen LogP contribution is -2.46. The highest BCUT2D eigenvalue weighted by Gasteiger charge is 2.47. The molecule has 136 valence electrons. The zero-order chi connectivity index (χ0) is 17.8. The fourth-order valence-electron chi connectivity index (χ4n) is 4.08. The van der Waals surface area contributed by atoms with Crippen molar-refractivity contribution < 1.29 is 24.2 Å². The number of carboxylic acids is 1. The molecule has 25 heavy (non-hydrogen) atoms. The summed E-state index contributed by atoms with van der Waals surface area (Å²) in [4.78, 5) is 26.4. The third-order valence-corrected chi connectivity index (χ3v) is 5.24. The Morgan fingerprint density at radius 3 is 2.80 bits per heavy atom. The molecule has 0 spiro atoms. The number of benzene rings is 1. The lowest BCUT2D eigenvalue weighted by atomic mass is 9.84. The standard InChI is InChI=1S/C19H25NO5/c1-24-9-10-25-15-7-4-6-14(11-15)18(21)20-16-8-3-2-5-13(16)12-17(20)19(22)23/h4,6-7,11,13,16-17H,2-3,5,8-10,12H2,1H3,(H,22,23)/t13-,16-,17-/m0/s1. The fourth-order valence-corrected chi connectivity index (χ4v) is 4.08. The molecular weight excluding hydrogens is 322 g/mol. The molecule has 0 unspecified atom stereocenters. The third-order valence-electron chi connectivity index (χ3n) is 5.24. The summed E-state index contributed by atoms with van der Waals surface area (Å²) in [6, 6.07) is 6.28. The summed E-state index contributed by atoms with van der Waals surface area (Å²) in [5.41, 5.74) is 0.479. The van der Waals surface area contributed by atoms with E-state index in [9.17, 15) is 14.7 Å². The molecule has 6 heteroatoms. The molecule has 1 N–H and O–H groups in total. The number of methoxy groups -OCH3 is 1. The van der Waals surface area contributed by atoms with Crippen LogP contribution in [0.15, 0.2) is 24.3 Å². The van der Waals surface area contributed by atoms with E-state index in [1.807, 2.05) is 0 Å². The molecule has 0 radical (unpaired) electrons. The zero-order valence-electron chi connectivity index (χ0n) is 14.5. The van der Waals surface area contributed by atoms with E-state index in [1.165, 1.54) is 0 Å². The van der Waals surface area contributed by atoms with Crippen LogP contribution in [0, 0.1) is 5.92 Å². The van der Waals surface area contributed by atoms with Crippen molar-refractivity contribution in [3.05, 3.63) is 29.8 Å². The number of hydrogen-bond donors (Lipinski definition) is 1. The highest BCUT2D eigenvalue weighted by molar-refractivity contribution is 5.97. The van der Waals surface area contributed by atoms with Crippen LogP contribution in [0.3, 0.4) is 0 Å². The van der Waals surface area contributed by atoms with Crippen molar-refractivity contribution >= 4 is 11.9 Å². The molecule has 1 aromatic carbocycles. The zero-order valence-corrected chi connectivity index (χ0v) is 14.5. The minimum atomic E-state index is -0.907. The highest BCUT2D eigenvalue weighted by Crippen LogP contribution is 2.40. The summed E-state index contributed by atoms with van der Waals surface area (Å²) >= 11 is 0. The van der Waals surface area contributed by atoms with Gasteiger partial charge in [-0.3, -0.25) is 4.79 Å². The first kappa shape index (κ1) is 17.7. The smallest absolute Gasteiger partial charge is 0.326 e. The predicted molar refractivity (Wildman–Crippen MR) is 91.8 cm³/mol. The van der Waals surface area contributed by atoms with E-state index in [0.717, 1.165) is 25.7 Å². The number of ether oxygens (including phenoxy) is 2. The lowest BCUT2D eigenvalue weighted by Gasteiger charge is -2.33. The quantitative estimate of drug-likeness (QED) is 0.801. The van der Waals surface area contributed by atoms with Crippen LogP contribution in [-0.4, -0.2) is 54.3 Å². The largest absolute Gasteiger partial charge is 0.491 e. The summed E-state index contributed by atoms with van der Waals surface area (Å²) in [5.74, 6) is -0.219. The normalized spacial score (nSPS) is 25.5. The molecule has 1 aliphatic carbocycles. The van der Waals surface area contributed by atoms with Crippen LogP contribution in [0.2, 0.25) is 0 Å². The summed E-state index contributed by atoms with van der Waals surface area (Å²) in [5, 5.41) is 9.59. The Bertz CT molecular complexity index is 632. The Balaban J connectivity index is 1.80. The van der Waals surface area contributed by atoms with Crippen LogP contribution in [0.25, 0.3) is 0 Å². The molecule has 1 aliphatic heterocycles.